The summed E-state index contributed by atoms with van der Waals surface area (Å²) < 4.78 is 16.2. The Kier molecular flexibility index (Phi) is 6.41. The number of ether oxygens (including phenoxy) is 3. The van der Waals surface area contributed by atoms with Gasteiger partial charge in [-0.1, -0.05) is 6.07 Å². The average molecular weight is 384 g/mol. The van der Waals surface area contributed by atoms with E-state index in [-0.39, 0.29) is 5.91 Å². The third kappa shape index (κ3) is 4.95. The zero-order chi connectivity index (χ0) is 20.1. The minimum absolute atomic E-state index is 0.0577. The fourth-order valence-electron chi connectivity index (χ4n) is 3.27. The van der Waals surface area contributed by atoms with E-state index < -0.39 is 0 Å². The summed E-state index contributed by atoms with van der Waals surface area (Å²) in [6.45, 7) is 2.92. The van der Waals surface area contributed by atoms with E-state index in [1.807, 2.05) is 43.3 Å². The van der Waals surface area contributed by atoms with Gasteiger partial charge in [-0.25, -0.2) is 0 Å². The van der Waals surface area contributed by atoms with Crippen LogP contribution < -0.4 is 19.5 Å². The first-order valence-corrected chi connectivity index (χ1v) is 9.43. The van der Waals surface area contributed by atoms with E-state index in [1.54, 1.807) is 21.3 Å². The summed E-state index contributed by atoms with van der Waals surface area (Å²) in [5.74, 6) is 2.18. The Morgan fingerprint density at radius 3 is 2.39 bits per heavy atom. The molecule has 6 heteroatoms. The molecule has 2 aromatic rings. The summed E-state index contributed by atoms with van der Waals surface area (Å²) in [5, 5.41) is 2.99. The molecule has 0 radical (unpaired) electrons. The highest BCUT2D eigenvalue weighted by Gasteiger charge is 2.31. The molecular formula is C22H28N2O4. The standard InChI is InChI=1S/C22H28N2O4/c1-15-5-9-21(28-4)19(11-15)23-22(25)14-24(17-6-7-17)13-16-12-18(26-2)8-10-20(16)27-3/h5,8-12,17H,6-7,13-14H2,1-4H3,(H,23,25). The van der Waals surface area contributed by atoms with Gasteiger partial charge in [-0.15, -0.1) is 0 Å². The molecule has 1 amide bonds. The monoisotopic (exact) mass is 384 g/mol. The molecule has 6 nitrogen and oxygen atoms in total. The van der Waals surface area contributed by atoms with Crippen molar-refractivity contribution in [3.8, 4) is 17.2 Å². The van der Waals surface area contributed by atoms with Crippen molar-refractivity contribution in [2.75, 3.05) is 33.2 Å². The Bertz CT molecular complexity index is 833. The number of rotatable bonds is 9. The van der Waals surface area contributed by atoms with E-state index in [0.29, 0.717) is 30.6 Å². The highest BCUT2D eigenvalue weighted by Crippen LogP contribution is 2.32. The first-order chi connectivity index (χ1) is 13.5. The third-order valence-electron chi connectivity index (χ3n) is 4.90. The Morgan fingerprint density at radius 2 is 1.75 bits per heavy atom. The number of nitrogens with one attached hydrogen (secondary N) is 1. The van der Waals surface area contributed by atoms with E-state index in [1.165, 1.54) is 0 Å². The maximum atomic E-state index is 12.7. The van der Waals surface area contributed by atoms with Gasteiger partial charge in [0.25, 0.3) is 0 Å². The zero-order valence-corrected chi connectivity index (χ0v) is 17.0. The molecule has 150 valence electrons. The third-order valence-corrected chi connectivity index (χ3v) is 4.90. The number of carbonyl (C=O) groups excluding carboxylic acids is 1. The van der Waals surface area contributed by atoms with Gasteiger partial charge in [0.15, 0.2) is 0 Å². The molecule has 2 aromatic carbocycles. The number of carbonyl (C=O) groups is 1. The summed E-state index contributed by atoms with van der Waals surface area (Å²) in [4.78, 5) is 14.9. The largest absolute Gasteiger partial charge is 0.497 e. The molecule has 0 spiro atoms. The van der Waals surface area contributed by atoms with Crippen molar-refractivity contribution in [2.45, 2.75) is 32.4 Å². The number of aryl methyl sites for hydroxylation is 1. The molecular weight excluding hydrogens is 356 g/mol. The van der Waals surface area contributed by atoms with Crippen LogP contribution in [0, 0.1) is 6.92 Å². The van der Waals surface area contributed by atoms with Crippen molar-refractivity contribution in [1.82, 2.24) is 4.90 Å². The van der Waals surface area contributed by atoms with Gasteiger partial charge >= 0.3 is 0 Å². The lowest BCUT2D eigenvalue weighted by Crippen LogP contribution is -2.34. The number of amides is 1. The van der Waals surface area contributed by atoms with E-state index in [0.717, 1.165) is 35.5 Å². The minimum atomic E-state index is -0.0577. The lowest BCUT2D eigenvalue weighted by atomic mass is 10.1. The molecule has 0 heterocycles. The van der Waals surface area contributed by atoms with E-state index in [9.17, 15) is 4.79 Å². The van der Waals surface area contributed by atoms with Crippen molar-refractivity contribution in [2.24, 2.45) is 0 Å². The van der Waals surface area contributed by atoms with Crippen LogP contribution in [0.25, 0.3) is 0 Å². The Labute approximate surface area is 166 Å². The topological polar surface area (TPSA) is 60.0 Å². The second kappa shape index (κ2) is 8.97. The van der Waals surface area contributed by atoms with Crippen LogP contribution in [0.15, 0.2) is 36.4 Å². The normalized spacial score (nSPS) is 13.3. The van der Waals surface area contributed by atoms with Gasteiger partial charge in [-0.2, -0.15) is 0 Å². The second-order valence-electron chi connectivity index (χ2n) is 7.07. The van der Waals surface area contributed by atoms with Crippen LogP contribution in [0.3, 0.4) is 0 Å². The van der Waals surface area contributed by atoms with Crippen LogP contribution in [-0.4, -0.2) is 44.7 Å². The molecule has 1 saturated carbocycles. The molecule has 1 aliphatic carbocycles. The molecule has 0 bridgehead atoms. The number of hydrogen-bond donors (Lipinski definition) is 1. The van der Waals surface area contributed by atoms with Crippen molar-refractivity contribution in [1.29, 1.82) is 0 Å². The van der Waals surface area contributed by atoms with Crippen LogP contribution >= 0.6 is 0 Å². The molecule has 1 N–H and O–H groups in total. The summed E-state index contributed by atoms with van der Waals surface area (Å²) >= 11 is 0. The number of nitrogens with zero attached hydrogens (tertiary/aromatic N) is 1. The van der Waals surface area contributed by atoms with E-state index >= 15 is 0 Å². The minimum Gasteiger partial charge on any atom is -0.497 e. The predicted molar refractivity (Wildman–Crippen MR) is 109 cm³/mol. The van der Waals surface area contributed by atoms with Crippen molar-refractivity contribution in [3.05, 3.63) is 47.5 Å². The van der Waals surface area contributed by atoms with E-state index in [2.05, 4.69) is 10.2 Å². The zero-order valence-electron chi connectivity index (χ0n) is 17.0. The molecule has 1 fully saturated rings. The first-order valence-electron chi connectivity index (χ1n) is 9.43. The second-order valence-corrected chi connectivity index (χ2v) is 7.07. The quantitative estimate of drug-likeness (QED) is 0.715. The molecule has 0 atom stereocenters. The summed E-state index contributed by atoms with van der Waals surface area (Å²) in [6.07, 6.45) is 2.21. The molecule has 3 rings (SSSR count). The molecule has 0 aromatic heterocycles. The van der Waals surface area contributed by atoms with Crippen molar-refractivity contribution in [3.63, 3.8) is 0 Å². The molecule has 28 heavy (non-hydrogen) atoms. The fraction of sp³-hybridized carbons (Fsp3) is 0.409. The maximum Gasteiger partial charge on any atom is 0.238 e. The number of benzene rings is 2. The molecule has 0 saturated heterocycles. The molecule has 0 aliphatic heterocycles. The maximum absolute atomic E-state index is 12.7. The van der Waals surface area contributed by atoms with Gasteiger partial charge in [0.1, 0.15) is 17.2 Å². The summed E-state index contributed by atoms with van der Waals surface area (Å²) in [6, 6.07) is 11.9. The highest BCUT2D eigenvalue weighted by molar-refractivity contribution is 5.93. The van der Waals surface area contributed by atoms with Crippen molar-refractivity contribution < 1.29 is 19.0 Å². The highest BCUT2D eigenvalue weighted by atomic mass is 16.5. The lowest BCUT2D eigenvalue weighted by Gasteiger charge is -2.23. The summed E-state index contributed by atoms with van der Waals surface area (Å²) in [5.41, 5.74) is 2.77. The number of hydrogen-bond acceptors (Lipinski definition) is 5. The summed E-state index contributed by atoms with van der Waals surface area (Å²) in [7, 11) is 4.91. The van der Waals surface area contributed by atoms with Crippen LogP contribution in [0.5, 0.6) is 17.2 Å². The van der Waals surface area contributed by atoms with Crippen LogP contribution in [0.2, 0.25) is 0 Å². The van der Waals surface area contributed by atoms with Gasteiger partial charge in [0, 0.05) is 18.2 Å². The van der Waals surface area contributed by atoms with Crippen LogP contribution in [0.1, 0.15) is 24.0 Å². The average Bonchev–Trinajstić information content (AvgIpc) is 3.53. The Balaban J connectivity index is 1.72. The fourth-order valence-corrected chi connectivity index (χ4v) is 3.27. The lowest BCUT2D eigenvalue weighted by molar-refractivity contribution is -0.117. The number of methoxy groups -OCH3 is 3. The smallest absolute Gasteiger partial charge is 0.238 e. The van der Waals surface area contributed by atoms with Gasteiger partial charge in [-0.05, 0) is 55.7 Å². The van der Waals surface area contributed by atoms with Gasteiger partial charge < -0.3 is 19.5 Å². The van der Waals surface area contributed by atoms with Gasteiger partial charge in [-0.3, -0.25) is 9.69 Å². The first kappa shape index (κ1) is 20.0. The molecule has 0 unspecified atom stereocenters. The van der Waals surface area contributed by atoms with Crippen LogP contribution in [0.4, 0.5) is 5.69 Å². The van der Waals surface area contributed by atoms with Gasteiger partial charge in [0.2, 0.25) is 5.91 Å². The molecule has 1 aliphatic rings. The van der Waals surface area contributed by atoms with E-state index in [4.69, 9.17) is 14.2 Å². The number of anilines is 1. The van der Waals surface area contributed by atoms with Crippen molar-refractivity contribution >= 4 is 11.6 Å². The Hall–Kier alpha value is -2.73. The SMILES string of the molecule is COc1ccc(OC)c(CN(CC(=O)Nc2cc(C)ccc2OC)C2CC2)c1. The Morgan fingerprint density at radius 1 is 1.04 bits per heavy atom. The van der Waals surface area contributed by atoms with Crippen LogP contribution in [-0.2, 0) is 11.3 Å². The van der Waals surface area contributed by atoms with Gasteiger partial charge in [0.05, 0.1) is 33.6 Å². The predicted octanol–water partition coefficient (Wildman–Crippen LogP) is 3.62.